The van der Waals surface area contributed by atoms with Gasteiger partial charge in [-0.15, -0.1) is 5.10 Å². The lowest BCUT2D eigenvalue weighted by molar-refractivity contribution is 0.173. The molecule has 242 valence electrons. The number of aryl methyl sites for hydroxylation is 5. The molecule has 0 radical (unpaired) electrons. The molecular formula is C38H55N7. The first-order chi connectivity index (χ1) is 22.2. The Morgan fingerprint density at radius 3 is 1.67 bits per heavy atom. The number of imidazole rings is 1. The summed E-state index contributed by atoms with van der Waals surface area (Å²) < 4.78 is 4.23. The van der Waals surface area contributed by atoms with Crippen molar-refractivity contribution in [1.29, 1.82) is 0 Å². The second-order valence-electron chi connectivity index (χ2n) is 13.2. The third-order valence-electron chi connectivity index (χ3n) is 9.92. The van der Waals surface area contributed by atoms with Gasteiger partial charge in [-0.2, -0.15) is 0 Å². The van der Waals surface area contributed by atoms with Crippen LogP contribution in [0.5, 0.6) is 0 Å². The van der Waals surface area contributed by atoms with Crippen LogP contribution in [0.2, 0.25) is 0 Å². The molecule has 7 heteroatoms. The Morgan fingerprint density at radius 2 is 1.20 bits per heavy atom. The van der Waals surface area contributed by atoms with Gasteiger partial charge < -0.3 is 14.4 Å². The zero-order valence-corrected chi connectivity index (χ0v) is 27.6. The molecule has 7 nitrogen and oxygen atoms in total. The summed E-state index contributed by atoms with van der Waals surface area (Å²) in [6.45, 7) is 11.9. The van der Waals surface area contributed by atoms with E-state index in [0.29, 0.717) is 0 Å². The smallest absolute Gasteiger partial charge is 0.0948 e. The van der Waals surface area contributed by atoms with Crippen molar-refractivity contribution < 1.29 is 0 Å². The van der Waals surface area contributed by atoms with E-state index >= 15 is 0 Å². The molecule has 2 aromatic carbocycles. The van der Waals surface area contributed by atoms with Gasteiger partial charge in [-0.1, -0.05) is 65.9 Å². The van der Waals surface area contributed by atoms with Crippen LogP contribution in [0.1, 0.15) is 68.2 Å². The summed E-state index contributed by atoms with van der Waals surface area (Å²) in [5.74, 6) is 1.75. The Labute approximate surface area is 271 Å². The van der Waals surface area contributed by atoms with Gasteiger partial charge in [0.1, 0.15) is 0 Å². The summed E-state index contributed by atoms with van der Waals surface area (Å²) in [6, 6.07) is 21.7. The molecule has 2 fully saturated rings. The average molecular weight is 610 g/mol. The summed E-state index contributed by atoms with van der Waals surface area (Å²) in [5, 5.41) is 7.90. The zero-order chi connectivity index (χ0) is 30.9. The molecule has 4 aromatic rings. The highest BCUT2D eigenvalue weighted by Crippen LogP contribution is 2.23. The summed E-state index contributed by atoms with van der Waals surface area (Å²) in [4.78, 5) is 9.50. The second kappa shape index (κ2) is 18.6. The van der Waals surface area contributed by atoms with Crippen LogP contribution in [0.15, 0.2) is 85.6 Å². The van der Waals surface area contributed by atoms with Crippen LogP contribution in [0.25, 0.3) is 0 Å². The van der Waals surface area contributed by atoms with E-state index in [1.165, 1.54) is 120 Å². The number of likely N-dealkylation sites (tertiary alicyclic amines) is 2. The van der Waals surface area contributed by atoms with E-state index in [0.717, 1.165) is 24.9 Å². The van der Waals surface area contributed by atoms with Gasteiger partial charge in [0.05, 0.1) is 12.5 Å². The van der Waals surface area contributed by atoms with Crippen molar-refractivity contribution in [1.82, 2.24) is 34.3 Å². The van der Waals surface area contributed by atoms with Crippen LogP contribution in [0.4, 0.5) is 0 Å². The average Bonchev–Trinajstić information content (AvgIpc) is 3.77. The largest absolute Gasteiger partial charge is 0.335 e. The van der Waals surface area contributed by atoms with Crippen molar-refractivity contribution in [3.63, 3.8) is 0 Å². The standard InChI is InChI=1S/C20H29N3.C18H26N4/c1-18-16-21-17-23(18)15-11-20-9-13-22(14-10-20)12-5-8-19-6-3-2-4-7-19;1-2-5-17(6-3-1)7-4-12-21-13-8-18(9-14-21)10-15-22-16-11-19-20-22/h2-4,6-7,16-17,20H,5,8-15H2,1H3;1-3,5-6,11,16,18H,4,7-10,12-15H2. The molecule has 2 saturated heterocycles. The molecule has 4 heterocycles. The normalized spacial score (nSPS) is 16.8. The molecule has 0 aliphatic carbocycles. The van der Waals surface area contributed by atoms with Crippen molar-refractivity contribution in [2.24, 2.45) is 11.8 Å². The summed E-state index contributed by atoms with van der Waals surface area (Å²) in [6.07, 6.45) is 20.5. The second-order valence-corrected chi connectivity index (χ2v) is 13.2. The van der Waals surface area contributed by atoms with Crippen molar-refractivity contribution in [2.45, 2.75) is 84.2 Å². The van der Waals surface area contributed by atoms with Crippen molar-refractivity contribution in [2.75, 3.05) is 39.3 Å². The lowest BCUT2D eigenvalue weighted by Crippen LogP contribution is -2.34. The quantitative estimate of drug-likeness (QED) is 0.155. The molecule has 2 aromatic heterocycles. The molecule has 0 spiro atoms. The fourth-order valence-electron chi connectivity index (χ4n) is 6.91. The van der Waals surface area contributed by atoms with E-state index in [2.05, 4.69) is 97.3 Å². The molecular weight excluding hydrogens is 554 g/mol. The van der Waals surface area contributed by atoms with Gasteiger partial charge in [-0.3, -0.25) is 4.68 Å². The fourth-order valence-corrected chi connectivity index (χ4v) is 6.91. The summed E-state index contributed by atoms with van der Waals surface area (Å²) in [5.41, 5.74) is 4.21. The number of hydrogen-bond donors (Lipinski definition) is 0. The SMILES string of the molecule is Cc1cncn1CCC1CCN(CCCc2ccccc2)CC1.c1ccc(CCCN2CCC(CCn3ccnn3)CC2)cc1. The van der Waals surface area contributed by atoms with E-state index in [1.54, 1.807) is 6.20 Å². The molecule has 0 atom stereocenters. The number of piperidine rings is 2. The lowest BCUT2D eigenvalue weighted by atomic mass is 9.93. The highest BCUT2D eigenvalue weighted by Gasteiger charge is 2.20. The minimum absolute atomic E-state index is 0.856. The first-order valence-corrected chi connectivity index (χ1v) is 17.5. The Bertz CT molecular complexity index is 1290. The Hall–Kier alpha value is -3.29. The van der Waals surface area contributed by atoms with E-state index in [4.69, 9.17) is 0 Å². The number of benzene rings is 2. The molecule has 45 heavy (non-hydrogen) atoms. The van der Waals surface area contributed by atoms with Gasteiger partial charge >= 0.3 is 0 Å². The Morgan fingerprint density at radius 1 is 0.667 bits per heavy atom. The maximum absolute atomic E-state index is 4.21. The minimum atomic E-state index is 0.856. The fraction of sp³-hybridized carbons (Fsp3) is 0.553. The molecule has 2 aliphatic rings. The van der Waals surface area contributed by atoms with Crippen LogP contribution < -0.4 is 0 Å². The molecule has 0 bridgehead atoms. The number of aromatic nitrogens is 5. The van der Waals surface area contributed by atoms with Crippen LogP contribution in [-0.2, 0) is 25.9 Å². The predicted molar refractivity (Wildman–Crippen MR) is 184 cm³/mol. The first-order valence-electron chi connectivity index (χ1n) is 17.5. The molecule has 0 saturated carbocycles. The maximum Gasteiger partial charge on any atom is 0.0948 e. The highest BCUT2D eigenvalue weighted by atomic mass is 15.4. The third-order valence-corrected chi connectivity index (χ3v) is 9.92. The van der Waals surface area contributed by atoms with Gasteiger partial charge in [0.25, 0.3) is 0 Å². The van der Waals surface area contributed by atoms with Gasteiger partial charge in [0.2, 0.25) is 0 Å². The summed E-state index contributed by atoms with van der Waals surface area (Å²) in [7, 11) is 0. The Kier molecular flexibility index (Phi) is 13.7. The molecule has 2 aliphatic heterocycles. The topological polar surface area (TPSA) is 55.0 Å². The Balaban J connectivity index is 0.000000178. The van der Waals surface area contributed by atoms with Gasteiger partial charge in [0.15, 0.2) is 0 Å². The van der Waals surface area contributed by atoms with Gasteiger partial charge in [-0.25, -0.2) is 4.98 Å². The predicted octanol–water partition coefficient (Wildman–Crippen LogP) is 6.94. The lowest BCUT2D eigenvalue weighted by Gasteiger charge is -2.32. The van der Waals surface area contributed by atoms with E-state index in [-0.39, 0.29) is 0 Å². The number of hydrogen-bond acceptors (Lipinski definition) is 5. The zero-order valence-electron chi connectivity index (χ0n) is 27.6. The molecule has 0 N–H and O–H groups in total. The van der Waals surface area contributed by atoms with E-state index in [1.807, 2.05) is 23.4 Å². The van der Waals surface area contributed by atoms with Crippen LogP contribution >= 0.6 is 0 Å². The minimum Gasteiger partial charge on any atom is -0.335 e. The molecule has 6 rings (SSSR count). The van der Waals surface area contributed by atoms with E-state index < -0.39 is 0 Å². The third kappa shape index (κ3) is 11.9. The number of nitrogens with zero attached hydrogens (tertiary/aromatic N) is 7. The van der Waals surface area contributed by atoms with Crippen LogP contribution in [0.3, 0.4) is 0 Å². The van der Waals surface area contributed by atoms with Crippen molar-refractivity contribution in [3.05, 3.63) is 102 Å². The molecule has 0 amide bonds. The first kappa shape index (κ1) is 33.1. The summed E-state index contributed by atoms with van der Waals surface area (Å²) >= 11 is 0. The molecule has 0 unspecified atom stereocenters. The van der Waals surface area contributed by atoms with Gasteiger partial charge in [0, 0.05) is 31.2 Å². The maximum atomic E-state index is 4.21. The van der Waals surface area contributed by atoms with E-state index in [9.17, 15) is 0 Å². The highest BCUT2D eigenvalue weighted by molar-refractivity contribution is 5.15. The number of rotatable bonds is 14. The van der Waals surface area contributed by atoms with Gasteiger partial charge in [-0.05, 0) is 133 Å². The van der Waals surface area contributed by atoms with Crippen LogP contribution in [-0.4, -0.2) is 73.6 Å². The monoisotopic (exact) mass is 609 g/mol. The van der Waals surface area contributed by atoms with Crippen molar-refractivity contribution in [3.8, 4) is 0 Å². The van der Waals surface area contributed by atoms with Crippen molar-refractivity contribution >= 4 is 0 Å². The van der Waals surface area contributed by atoms with Crippen LogP contribution in [0, 0.1) is 18.8 Å².